The highest BCUT2D eigenvalue weighted by atomic mass is 35.5. The van der Waals surface area contributed by atoms with Crippen molar-refractivity contribution >= 4 is 34.8 Å². The second kappa shape index (κ2) is 7.13. The molecule has 1 aliphatic heterocycles. The minimum Gasteiger partial charge on any atom is -0.454 e. The van der Waals surface area contributed by atoms with E-state index < -0.39 is 0 Å². The lowest BCUT2D eigenvalue weighted by Crippen LogP contribution is -2.15. The van der Waals surface area contributed by atoms with Gasteiger partial charge in [-0.25, -0.2) is 9.97 Å². The van der Waals surface area contributed by atoms with E-state index in [2.05, 4.69) is 20.6 Å². The fourth-order valence-electron chi connectivity index (χ4n) is 2.61. The van der Waals surface area contributed by atoms with Crippen LogP contribution in [0.25, 0.3) is 0 Å². The number of aryl methyl sites for hydroxylation is 1. The summed E-state index contributed by atoms with van der Waals surface area (Å²) in [5, 5.41) is 6.45. The first kappa shape index (κ1) is 17.1. The van der Waals surface area contributed by atoms with E-state index in [1.54, 1.807) is 43.3 Å². The van der Waals surface area contributed by atoms with Gasteiger partial charge in [-0.3, -0.25) is 4.79 Å². The van der Waals surface area contributed by atoms with Gasteiger partial charge in [-0.2, -0.15) is 0 Å². The fourth-order valence-corrected chi connectivity index (χ4v) is 2.80. The molecule has 0 saturated heterocycles. The van der Waals surface area contributed by atoms with Crippen molar-refractivity contribution < 1.29 is 14.3 Å². The summed E-state index contributed by atoms with van der Waals surface area (Å²) in [6.07, 6.45) is 0. The van der Waals surface area contributed by atoms with Crippen molar-refractivity contribution in [3.05, 3.63) is 64.9 Å². The average Bonchev–Trinajstić information content (AvgIpc) is 3.09. The average molecular weight is 383 g/mol. The summed E-state index contributed by atoms with van der Waals surface area (Å²) >= 11 is 5.99. The molecule has 0 spiro atoms. The van der Waals surface area contributed by atoms with Crippen molar-refractivity contribution in [2.24, 2.45) is 0 Å². The minimum atomic E-state index is -0.353. The summed E-state index contributed by atoms with van der Waals surface area (Å²) in [6.45, 7) is 1.97. The Morgan fingerprint density at radius 2 is 1.89 bits per heavy atom. The van der Waals surface area contributed by atoms with Crippen LogP contribution in [0.4, 0.5) is 17.3 Å². The van der Waals surface area contributed by atoms with Crippen LogP contribution in [0.15, 0.2) is 48.5 Å². The number of anilines is 3. The number of carbonyl (C=O) groups is 1. The van der Waals surface area contributed by atoms with Gasteiger partial charge < -0.3 is 20.1 Å². The zero-order chi connectivity index (χ0) is 18.8. The Morgan fingerprint density at radius 1 is 1.04 bits per heavy atom. The predicted molar refractivity (Wildman–Crippen MR) is 102 cm³/mol. The van der Waals surface area contributed by atoms with Crippen molar-refractivity contribution in [1.82, 2.24) is 9.97 Å². The molecule has 0 unspecified atom stereocenters. The van der Waals surface area contributed by atoms with Crippen LogP contribution in [0.5, 0.6) is 11.5 Å². The number of hydrogen-bond donors (Lipinski definition) is 2. The van der Waals surface area contributed by atoms with Gasteiger partial charge in [0.2, 0.25) is 12.7 Å². The molecule has 0 radical (unpaired) electrons. The number of amides is 1. The molecular weight excluding hydrogens is 368 g/mol. The monoisotopic (exact) mass is 382 g/mol. The lowest BCUT2D eigenvalue weighted by molar-refractivity contribution is 0.102. The van der Waals surface area contributed by atoms with E-state index in [0.717, 1.165) is 5.69 Å². The van der Waals surface area contributed by atoms with Gasteiger partial charge in [-0.1, -0.05) is 17.7 Å². The number of halogens is 1. The van der Waals surface area contributed by atoms with E-state index in [-0.39, 0.29) is 18.4 Å². The molecular formula is C19H15ClN4O3. The van der Waals surface area contributed by atoms with Crippen molar-refractivity contribution in [3.8, 4) is 11.5 Å². The summed E-state index contributed by atoms with van der Waals surface area (Å²) in [5.74, 6) is 1.20. The molecule has 4 rings (SSSR count). The maximum Gasteiger partial charge on any atom is 0.274 e. The molecule has 0 atom stereocenters. The second-order valence-corrected chi connectivity index (χ2v) is 6.31. The van der Waals surface area contributed by atoms with Crippen molar-refractivity contribution in [2.45, 2.75) is 6.92 Å². The van der Waals surface area contributed by atoms with E-state index in [0.29, 0.717) is 33.9 Å². The van der Waals surface area contributed by atoms with Crippen LogP contribution >= 0.6 is 11.6 Å². The quantitative estimate of drug-likeness (QED) is 0.704. The molecule has 2 aromatic carbocycles. The van der Waals surface area contributed by atoms with Gasteiger partial charge in [0, 0.05) is 28.2 Å². The Kier molecular flexibility index (Phi) is 4.52. The number of aromatic nitrogens is 2. The normalized spacial score (nSPS) is 11.9. The van der Waals surface area contributed by atoms with E-state index in [4.69, 9.17) is 21.1 Å². The zero-order valence-corrected chi connectivity index (χ0v) is 15.1. The minimum absolute atomic E-state index is 0.177. The predicted octanol–water partition coefficient (Wildman–Crippen LogP) is 4.16. The standard InChI is InChI=1S/C19H15ClN4O3/c1-11-7-15(24-19(21-11)23-13-4-2-3-12(20)8-13)18(25)22-14-5-6-16-17(9-14)27-10-26-16/h2-9H,10H2,1H3,(H,22,25)(H,21,23,24). The SMILES string of the molecule is Cc1cc(C(=O)Nc2ccc3c(c2)OCO3)nc(Nc2cccc(Cl)c2)n1. The molecule has 1 aromatic heterocycles. The summed E-state index contributed by atoms with van der Waals surface area (Å²) < 4.78 is 10.6. The highest BCUT2D eigenvalue weighted by Crippen LogP contribution is 2.34. The molecule has 0 fully saturated rings. The lowest BCUT2D eigenvalue weighted by atomic mass is 10.2. The molecule has 0 saturated carbocycles. The van der Waals surface area contributed by atoms with Gasteiger partial charge in [-0.05, 0) is 43.3 Å². The molecule has 7 nitrogen and oxygen atoms in total. The highest BCUT2D eigenvalue weighted by molar-refractivity contribution is 6.30. The Morgan fingerprint density at radius 3 is 2.74 bits per heavy atom. The Balaban J connectivity index is 1.54. The molecule has 0 bridgehead atoms. The first-order valence-electron chi connectivity index (χ1n) is 8.16. The van der Waals surface area contributed by atoms with E-state index in [1.165, 1.54) is 0 Å². The number of ether oxygens (including phenoxy) is 2. The third-order valence-electron chi connectivity index (χ3n) is 3.80. The van der Waals surface area contributed by atoms with Crippen LogP contribution in [0.2, 0.25) is 5.02 Å². The molecule has 3 aromatic rings. The summed E-state index contributed by atoms with van der Waals surface area (Å²) in [4.78, 5) is 21.2. The van der Waals surface area contributed by atoms with E-state index >= 15 is 0 Å². The number of fused-ring (bicyclic) bond motifs is 1. The van der Waals surface area contributed by atoms with E-state index in [1.807, 2.05) is 12.1 Å². The Hall–Kier alpha value is -3.32. The number of nitrogens with one attached hydrogen (secondary N) is 2. The maximum absolute atomic E-state index is 12.6. The highest BCUT2D eigenvalue weighted by Gasteiger charge is 2.16. The van der Waals surface area contributed by atoms with Crippen molar-refractivity contribution in [1.29, 1.82) is 0 Å². The largest absolute Gasteiger partial charge is 0.454 e. The molecule has 1 amide bonds. The Bertz CT molecular complexity index is 1030. The summed E-state index contributed by atoms with van der Waals surface area (Å²) in [6, 6.07) is 14.0. The first-order chi connectivity index (χ1) is 13.1. The van der Waals surface area contributed by atoms with Crippen LogP contribution in [-0.2, 0) is 0 Å². The van der Waals surface area contributed by atoms with Crippen LogP contribution in [0, 0.1) is 6.92 Å². The molecule has 0 aliphatic carbocycles. The number of carbonyl (C=O) groups excluding carboxylic acids is 1. The van der Waals surface area contributed by atoms with Gasteiger partial charge in [0.1, 0.15) is 5.69 Å². The molecule has 27 heavy (non-hydrogen) atoms. The smallest absolute Gasteiger partial charge is 0.274 e. The van der Waals surface area contributed by atoms with Gasteiger partial charge >= 0.3 is 0 Å². The number of hydrogen-bond acceptors (Lipinski definition) is 6. The molecule has 2 heterocycles. The number of rotatable bonds is 4. The topological polar surface area (TPSA) is 85.4 Å². The van der Waals surface area contributed by atoms with Gasteiger partial charge in [-0.15, -0.1) is 0 Å². The third-order valence-corrected chi connectivity index (χ3v) is 4.03. The van der Waals surface area contributed by atoms with Gasteiger partial charge in [0.05, 0.1) is 0 Å². The lowest BCUT2D eigenvalue weighted by Gasteiger charge is -2.09. The summed E-state index contributed by atoms with van der Waals surface area (Å²) in [5.41, 5.74) is 2.22. The summed E-state index contributed by atoms with van der Waals surface area (Å²) in [7, 11) is 0. The van der Waals surface area contributed by atoms with Crippen molar-refractivity contribution in [3.63, 3.8) is 0 Å². The van der Waals surface area contributed by atoms with Crippen LogP contribution in [0.3, 0.4) is 0 Å². The Labute approximate surface area is 160 Å². The molecule has 2 N–H and O–H groups in total. The van der Waals surface area contributed by atoms with Crippen LogP contribution in [-0.4, -0.2) is 22.7 Å². The second-order valence-electron chi connectivity index (χ2n) is 5.88. The van der Waals surface area contributed by atoms with Crippen LogP contribution < -0.4 is 20.1 Å². The first-order valence-corrected chi connectivity index (χ1v) is 8.54. The molecule has 1 aliphatic rings. The van der Waals surface area contributed by atoms with Crippen molar-refractivity contribution in [2.75, 3.05) is 17.4 Å². The number of benzene rings is 2. The van der Waals surface area contributed by atoms with Gasteiger partial charge in [0.25, 0.3) is 5.91 Å². The molecule has 136 valence electrons. The fraction of sp³-hybridized carbons (Fsp3) is 0.105. The number of nitrogens with zero attached hydrogens (tertiary/aromatic N) is 2. The molecule has 8 heteroatoms. The van der Waals surface area contributed by atoms with E-state index in [9.17, 15) is 4.79 Å². The maximum atomic E-state index is 12.6. The zero-order valence-electron chi connectivity index (χ0n) is 14.3. The van der Waals surface area contributed by atoms with Crippen LogP contribution in [0.1, 0.15) is 16.2 Å². The van der Waals surface area contributed by atoms with Gasteiger partial charge in [0.15, 0.2) is 11.5 Å². The third kappa shape index (κ3) is 3.93.